The lowest BCUT2D eigenvalue weighted by atomic mass is 9.47. The number of aliphatic hydroxyl groups excluding tert-OH is 1. The van der Waals surface area contributed by atoms with E-state index in [1.807, 2.05) is 0 Å². The molecule has 2 amide bonds. The SMILES string of the molecule is C[C@@H](C(=O)CC(=O)N1CCN(C(=O)c2cn(C)nn2)CC1)[C@H]1CC[C@H]2[C@@H]3CC=C4C[C@@H](O)CC[C@]4(C)[C@H]3CC[C@@]12C. The number of nitrogens with zero attached hydrogens (tertiary/aromatic N) is 5. The lowest BCUT2D eigenvalue weighted by Gasteiger charge is -2.58. The topological polar surface area (TPSA) is 109 Å². The maximum Gasteiger partial charge on any atom is 0.276 e. The Morgan fingerprint density at radius 1 is 1.02 bits per heavy atom. The van der Waals surface area contributed by atoms with E-state index in [-0.39, 0.29) is 46.9 Å². The first-order valence-corrected chi connectivity index (χ1v) is 15.8. The summed E-state index contributed by atoms with van der Waals surface area (Å²) in [4.78, 5) is 42.8. The van der Waals surface area contributed by atoms with Crippen LogP contribution < -0.4 is 0 Å². The van der Waals surface area contributed by atoms with Gasteiger partial charge in [0.2, 0.25) is 5.91 Å². The van der Waals surface area contributed by atoms with Crippen molar-refractivity contribution in [3.8, 4) is 0 Å². The minimum Gasteiger partial charge on any atom is -0.393 e. The standard InChI is InChI=1S/C32H47N5O4/c1-20(28(39)18-29(40)36-13-15-37(16-14-36)30(41)27-19-35(4)34-33-27)24-7-8-25-23-6-5-21-17-22(38)9-11-31(21,2)26(23)10-12-32(24,25)3/h5,19-20,22-26,38H,6-18H2,1-4H3/t20-,22+,23+,24-,25+,26+,31+,32+/m1/s1. The number of fused-ring (bicyclic) bond motifs is 5. The average molecular weight is 566 g/mol. The molecule has 41 heavy (non-hydrogen) atoms. The van der Waals surface area contributed by atoms with E-state index in [1.165, 1.54) is 23.1 Å². The Morgan fingerprint density at radius 2 is 1.76 bits per heavy atom. The Bertz CT molecular complexity index is 1230. The molecular weight excluding hydrogens is 518 g/mol. The van der Waals surface area contributed by atoms with Crippen molar-refractivity contribution in [2.24, 2.45) is 47.5 Å². The molecule has 3 saturated carbocycles. The number of carbonyl (C=O) groups is 3. The smallest absolute Gasteiger partial charge is 0.276 e. The van der Waals surface area contributed by atoms with Crippen LogP contribution in [0.25, 0.3) is 0 Å². The van der Waals surface area contributed by atoms with Crippen molar-refractivity contribution >= 4 is 17.6 Å². The van der Waals surface area contributed by atoms with Gasteiger partial charge in [0, 0.05) is 39.1 Å². The second-order valence-corrected chi connectivity index (χ2v) is 14.3. The summed E-state index contributed by atoms with van der Waals surface area (Å²) in [6.07, 6.45) is 12.4. The highest BCUT2D eigenvalue weighted by Gasteiger charge is 2.59. The molecular formula is C32H47N5O4. The van der Waals surface area contributed by atoms with Crippen LogP contribution in [0.4, 0.5) is 0 Å². The molecule has 9 heteroatoms. The van der Waals surface area contributed by atoms with Gasteiger partial charge in [0.05, 0.1) is 18.7 Å². The van der Waals surface area contributed by atoms with Gasteiger partial charge >= 0.3 is 0 Å². The van der Waals surface area contributed by atoms with Gasteiger partial charge in [-0.25, -0.2) is 0 Å². The Morgan fingerprint density at radius 3 is 2.46 bits per heavy atom. The Kier molecular flexibility index (Phi) is 7.40. The molecule has 2 heterocycles. The van der Waals surface area contributed by atoms with Crippen LogP contribution in [-0.2, 0) is 16.6 Å². The predicted molar refractivity (Wildman–Crippen MR) is 153 cm³/mol. The van der Waals surface area contributed by atoms with Crippen LogP contribution >= 0.6 is 0 Å². The fraction of sp³-hybridized carbons (Fsp3) is 0.781. The summed E-state index contributed by atoms with van der Waals surface area (Å²) < 4.78 is 1.50. The highest BCUT2D eigenvalue weighted by atomic mass is 16.3. The predicted octanol–water partition coefficient (Wildman–Crippen LogP) is 3.63. The van der Waals surface area contributed by atoms with Crippen LogP contribution in [0.3, 0.4) is 0 Å². The summed E-state index contributed by atoms with van der Waals surface area (Å²) in [5, 5.41) is 18.0. The number of allylic oxidation sites excluding steroid dienone is 1. The van der Waals surface area contributed by atoms with E-state index in [0.717, 1.165) is 38.5 Å². The number of aliphatic hydroxyl groups is 1. The van der Waals surface area contributed by atoms with Crippen molar-refractivity contribution in [3.05, 3.63) is 23.5 Å². The fourth-order valence-electron chi connectivity index (χ4n) is 9.92. The van der Waals surface area contributed by atoms with Gasteiger partial charge in [-0.2, -0.15) is 0 Å². The van der Waals surface area contributed by atoms with E-state index in [0.29, 0.717) is 55.5 Å². The number of Topliss-reactive ketones (excluding diaryl/α,β-unsaturated/α-hetero) is 1. The quantitative estimate of drug-likeness (QED) is 0.432. The zero-order chi connectivity index (χ0) is 29.1. The molecule has 1 aliphatic heterocycles. The molecule has 4 fully saturated rings. The average Bonchev–Trinajstić information content (AvgIpc) is 3.55. The maximum absolute atomic E-state index is 13.5. The van der Waals surface area contributed by atoms with Crippen LogP contribution in [0.15, 0.2) is 17.8 Å². The summed E-state index contributed by atoms with van der Waals surface area (Å²) >= 11 is 0. The molecule has 8 atom stereocenters. The van der Waals surface area contributed by atoms with Gasteiger partial charge in [-0.15, -0.1) is 5.10 Å². The van der Waals surface area contributed by atoms with E-state index in [2.05, 4.69) is 37.2 Å². The number of amides is 2. The summed E-state index contributed by atoms with van der Waals surface area (Å²) in [7, 11) is 1.72. The Labute approximate surface area is 243 Å². The number of aryl methyl sites for hydroxylation is 1. The first-order valence-electron chi connectivity index (χ1n) is 15.8. The van der Waals surface area contributed by atoms with Crippen LogP contribution in [0.5, 0.6) is 0 Å². The fourth-order valence-corrected chi connectivity index (χ4v) is 9.92. The van der Waals surface area contributed by atoms with E-state index >= 15 is 0 Å². The first kappa shape index (κ1) is 28.6. The van der Waals surface area contributed by atoms with Crippen LogP contribution in [0.2, 0.25) is 0 Å². The molecule has 224 valence electrons. The number of hydrogen-bond acceptors (Lipinski definition) is 6. The molecule has 0 aromatic carbocycles. The number of carbonyl (C=O) groups excluding carboxylic acids is 3. The molecule has 1 N–H and O–H groups in total. The third-order valence-corrected chi connectivity index (χ3v) is 12.3. The highest BCUT2D eigenvalue weighted by Crippen LogP contribution is 2.67. The molecule has 6 rings (SSSR count). The Hall–Kier alpha value is -2.55. The van der Waals surface area contributed by atoms with E-state index in [4.69, 9.17) is 0 Å². The molecule has 5 aliphatic rings. The number of piperazine rings is 1. The van der Waals surface area contributed by atoms with Crippen molar-refractivity contribution in [2.45, 2.75) is 84.7 Å². The van der Waals surface area contributed by atoms with Gasteiger partial charge in [-0.3, -0.25) is 19.1 Å². The number of hydrogen-bond donors (Lipinski definition) is 1. The number of rotatable bonds is 5. The summed E-state index contributed by atoms with van der Waals surface area (Å²) in [5.41, 5.74) is 2.17. The second kappa shape index (κ2) is 10.6. The monoisotopic (exact) mass is 565 g/mol. The van der Waals surface area contributed by atoms with E-state index in [1.54, 1.807) is 23.0 Å². The van der Waals surface area contributed by atoms with Crippen LogP contribution in [-0.4, -0.2) is 79.8 Å². The summed E-state index contributed by atoms with van der Waals surface area (Å²) in [6.45, 7) is 8.71. The van der Waals surface area contributed by atoms with Gasteiger partial charge in [0.15, 0.2) is 5.69 Å². The molecule has 1 aromatic heterocycles. The lowest BCUT2D eigenvalue weighted by molar-refractivity contribution is -0.139. The molecule has 0 spiro atoms. The van der Waals surface area contributed by atoms with Crippen LogP contribution in [0.1, 0.15) is 89.0 Å². The molecule has 9 nitrogen and oxygen atoms in total. The van der Waals surface area contributed by atoms with Gasteiger partial charge < -0.3 is 14.9 Å². The zero-order valence-electron chi connectivity index (χ0n) is 25.2. The highest BCUT2D eigenvalue weighted by molar-refractivity contribution is 5.99. The van der Waals surface area contributed by atoms with Crippen molar-refractivity contribution in [2.75, 3.05) is 26.2 Å². The number of ketones is 1. The third kappa shape index (κ3) is 4.86. The second-order valence-electron chi connectivity index (χ2n) is 14.3. The van der Waals surface area contributed by atoms with Crippen molar-refractivity contribution in [1.29, 1.82) is 0 Å². The van der Waals surface area contributed by atoms with Crippen molar-refractivity contribution in [1.82, 2.24) is 24.8 Å². The molecule has 0 unspecified atom stereocenters. The van der Waals surface area contributed by atoms with Crippen LogP contribution in [0, 0.1) is 40.4 Å². The molecule has 0 radical (unpaired) electrons. The minimum absolute atomic E-state index is 0.0466. The van der Waals surface area contributed by atoms with Gasteiger partial charge in [0.25, 0.3) is 5.91 Å². The molecule has 1 saturated heterocycles. The lowest BCUT2D eigenvalue weighted by Crippen LogP contribution is -2.52. The molecule has 1 aromatic rings. The molecule has 4 aliphatic carbocycles. The number of aromatic nitrogens is 3. The van der Waals surface area contributed by atoms with E-state index < -0.39 is 0 Å². The zero-order valence-corrected chi connectivity index (χ0v) is 25.2. The van der Waals surface area contributed by atoms with Gasteiger partial charge in [-0.05, 0) is 85.9 Å². The van der Waals surface area contributed by atoms with Crippen molar-refractivity contribution in [3.63, 3.8) is 0 Å². The van der Waals surface area contributed by atoms with Crippen molar-refractivity contribution < 1.29 is 19.5 Å². The summed E-state index contributed by atoms with van der Waals surface area (Å²) in [6, 6.07) is 0. The largest absolute Gasteiger partial charge is 0.393 e. The van der Waals surface area contributed by atoms with Gasteiger partial charge in [-0.1, -0.05) is 37.6 Å². The third-order valence-electron chi connectivity index (χ3n) is 12.3. The van der Waals surface area contributed by atoms with E-state index in [9.17, 15) is 19.5 Å². The maximum atomic E-state index is 13.5. The minimum atomic E-state index is -0.180. The molecule has 0 bridgehead atoms. The Balaban J connectivity index is 1.06. The van der Waals surface area contributed by atoms with Gasteiger partial charge in [0.1, 0.15) is 5.78 Å². The summed E-state index contributed by atoms with van der Waals surface area (Å²) in [5.74, 6) is 1.94. The first-order chi connectivity index (χ1) is 19.5. The normalized spacial score (nSPS) is 37.5.